The summed E-state index contributed by atoms with van der Waals surface area (Å²) in [6.07, 6.45) is 0.727. The molecule has 7 heteroatoms. The van der Waals surface area contributed by atoms with E-state index in [0.29, 0.717) is 24.4 Å². The van der Waals surface area contributed by atoms with Crippen LogP contribution in [0, 0.1) is 5.41 Å². The quantitative estimate of drug-likeness (QED) is 0.674. The van der Waals surface area contributed by atoms with Gasteiger partial charge in [0.05, 0.1) is 0 Å². The van der Waals surface area contributed by atoms with Crippen molar-refractivity contribution in [3.63, 3.8) is 0 Å². The van der Waals surface area contributed by atoms with Gasteiger partial charge in [0.25, 0.3) is 0 Å². The van der Waals surface area contributed by atoms with Crippen molar-refractivity contribution in [2.24, 2.45) is 5.41 Å². The largest absolute Gasteiger partial charge is 0.396 e. The second-order valence-electron chi connectivity index (χ2n) is 5.42. The van der Waals surface area contributed by atoms with E-state index in [1.54, 1.807) is 7.05 Å². The van der Waals surface area contributed by atoms with Gasteiger partial charge < -0.3 is 20.6 Å². The fourth-order valence-electron chi connectivity index (χ4n) is 1.47. The lowest BCUT2D eigenvalue weighted by atomic mass is 9.90. The van der Waals surface area contributed by atoms with Gasteiger partial charge in [-0.2, -0.15) is 15.0 Å². The number of aliphatic hydroxyl groups excluding tert-OH is 1. The minimum atomic E-state index is -0.0144. The third-order valence-corrected chi connectivity index (χ3v) is 2.76. The summed E-state index contributed by atoms with van der Waals surface area (Å²) in [5.74, 6) is 1.66. The molecule has 0 unspecified atom stereocenters. The minimum absolute atomic E-state index is 0.0144. The van der Waals surface area contributed by atoms with Gasteiger partial charge >= 0.3 is 0 Å². The topological polar surface area (TPSA) is 86.2 Å². The standard InChI is InChI=1S/C12H24N6O/c1-12(2,6-7-19)8-14-10-15-9(13-3)16-11(17-10)18(4)5/h19H,6-8H2,1-5H3,(H2,13,14,15,16,17). The Balaban J connectivity index is 2.80. The second-order valence-corrected chi connectivity index (χ2v) is 5.42. The van der Waals surface area contributed by atoms with Gasteiger partial charge in [0.2, 0.25) is 17.8 Å². The van der Waals surface area contributed by atoms with Crippen molar-refractivity contribution >= 4 is 17.8 Å². The van der Waals surface area contributed by atoms with Crippen molar-refractivity contribution in [2.45, 2.75) is 20.3 Å². The van der Waals surface area contributed by atoms with Crippen molar-refractivity contribution in [2.75, 3.05) is 49.8 Å². The molecule has 3 N–H and O–H groups in total. The average molecular weight is 268 g/mol. The monoisotopic (exact) mass is 268 g/mol. The smallest absolute Gasteiger partial charge is 0.231 e. The van der Waals surface area contributed by atoms with Gasteiger partial charge in [0, 0.05) is 34.3 Å². The van der Waals surface area contributed by atoms with Gasteiger partial charge in [-0.05, 0) is 11.8 Å². The zero-order chi connectivity index (χ0) is 14.5. The average Bonchev–Trinajstić information content (AvgIpc) is 2.36. The zero-order valence-corrected chi connectivity index (χ0v) is 12.4. The molecule has 0 aliphatic rings. The first-order valence-electron chi connectivity index (χ1n) is 6.34. The van der Waals surface area contributed by atoms with E-state index in [1.807, 2.05) is 19.0 Å². The fraction of sp³-hybridized carbons (Fsp3) is 0.750. The Morgan fingerprint density at radius 1 is 1.16 bits per heavy atom. The first-order chi connectivity index (χ1) is 8.88. The maximum atomic E-state index is 9.01. The normalized spacial score (nSPS) is 11.3. The van der Waals surface area contributed by atoms with E-state index < -0.39 is 0 Å². The van der Waals surface area contributed by atoms with E-state index >= 15 is 0 Å². The molecule has 0 fully saturated rings. The van der Waals surface area contributed by atoms with Gasteiger partial charge in [-0.3, -0.25) is 0 Å². The number of nitrogens with zero attached hydrogens (tertiary/aromatic N) is 4. The molecule has 0 amide bonds. The molecule has 0 aliphatic carbocycles. The number of aliphatic hydroxyl groups is 1. The molecule has 1 rings (SSSR count). The predicted molar refractivity (Wildman–Crippen MR) is 77.7 cm³/mol. The number of nitrogens with one attached hydrogen (secondary N) is 2. The molecule has 0 spiro atoms. The van der Waals surface area contributed by atoms with Gasteiger partial charge in [-0.15, -0.1) is 0 Å². The van der Waals surface area contributed by atoms with Crippen molar-refractivity contribution in [3.05, 3.63) is 0 Å². The van der Waals surface area contributed by atoms with E-state index in [1.165, 1.54) is 0 Å². The molecule has 0 radical (unpaired) electrons. The maximum absolute atomic E-state index is 9.01. The molecule has 1 heterocycles. The van der Waals surface area contributed by atoms with E-state index in [-0.39, 0.29) is 12.0 Å². The number of hydrogen-bond acceptors (Lipinski definition) is 7. The third kappa shape index (κ3) is 4.86. The third-order valence-electron chi connectivity index (χ3n) is 2.76. The van der Waals surface area contributed by atoms with Crippen LogP contribution in [-0.4, -0.2) is 54.4 Å². The highest BCUT2D eigenvalue weighted by atomic mass is 16.3. The van der Waals surface area contributed by atoms with E-state index in [4.69, 9.17) is 5.11 Å². The summed E-state index contributed by atoms with van der Waals surface area (Å²) >= 11 is 0. The first-order valence-corrected chi connectivity index (χ1v) is 6.34. The molecule has 0 aliphatic heterocycles. The molecule has 7 nitrogen and oxygen atoms in total. The second kappa shape index (κ2) is 6.51. The lowest BCUT2D eigenvalue weighted by Crippen LogP contribution is -2.25. The molecule has 1 aromatic rings. The molecule has 19 heavy (non-hydrogen) atoms. The van der Waals surface area contributed by atoms with Crippen LogP contribution in [0.5, 0.6) is 0 Å². The first kappa shape index (κ1) is 15.4. The Hall–Kier alpha value is -1.63. The Morgan fingerprint density at radius 3 is 2.32 bits per heavy atom. The molecular formula is C12H24N6O. The van der Waals surface area contributed by atoms with Crippen molar-refractivity contribution in [1.29, 1.82) is 0 Å². The van der Waals surface area contributed by atoms with E-state index in [9.17, 15) is 0 Å². The Labute approximate surface area is 114 Å². The van der Waals surface area contributed by atoms with Crippen LogP contribution in [0.15, 0.2) is 0 Å². The Morgan fingerprint density at radius 2 is 1.79 bits per heavy atom. The lowest BCUT2D eigenvalue weighted by Gasteiger charge is -2.24. The van der Waals surface area contributed by atoms with Crippen LogP contribution >= 0.6 is 0 Å². The highest BCUT2D eigenvalue weighted by Crippen LogP contribution is 2.20. The van der Waals surface area contributed by atoms with Gasteiger partial charge in [-0.1, -0.05) is 13.8 Å². The van der Waals surface area contributed by atoms with E-state index in [2.05, 4.69) is 39.4 Å². The van der Waals surface area contributed by atoms with Gasteiger partial charge in [0.1, 0.15) is 0 Å². The summed E-state index contributed by atoms with van der Waals surface area (Å²) in [6.45, 7) is 5.04. The molecule has 0 saturated heterocycles. The van der Waals surface area contributed by atoms with Crippen molar-refractivity contribution < 1.29 is 5.11 Å². The molecule has 0 bridgehead atoms. The predicted octanol–water partition coefficient (Wildman–Crippen LogP) is 0.800. The lowest BCUT2D eigenvalue weighted by molar-refractivity contribution is 0.220. The fourth-order valence-corrected chi connectivity index (χ4v) is 1.47. The molecular weight excluding hydrogens is 244 g/mol. The SMILES string of the molecule is CNc1nc(NCC(C)(C)CCO)nc(N(C)C)n1. The van der Waals surface area contributed by atoms with Crippen LogP contribution in [0.2, 0.25) is 0 Å². The number of aromatic nitrogens is 3. The van der Waals surface area contributed by atoms with Crippen LogP contribution in [0.1, 0.15) is 20.3 Å². The van der Waals surface area contributed by atoms with E-state index in [0.717, 1.165) is 6.42 Å². The summed E-state index contributed by atoms with van der Waals surface area (Å²) in [4.78, 5) is 14.7. The maximum Gasteiger partial charge on any atom is 0.231 e. The molecule has 108 valence electrons. The molecule has 1 aromatic heterocycles. The van der Waals surface area contributed by atoms with Crippen molar-refractivity contribution in [1.82, 2.24) is 15.0 Å². The highest BCUT2D eigenvalue weighted by Gasteiger charge is 2.18. The minimum Gasteiger partial charge on any atom is -0.396 e. The zero-order valence-electron chi connectivity index (χ0n) is 12.4. The summed E-state index contributed by atoms with van der Waals surface area (Å²) < 4.78 is 0. The van der Waals surface area contributed by atoms with Crippen molar-refractivity contribution in [3.8, 4) is 0 Å². The van der Waals surface area contributed by atoms with Gasteiger partial charge in [-0.25, -0.2) is 0 Å². The van der Waals surface area contributed by atoms with Crippen LogP contribution in [0.25, 0.3) is 0 Å². The highest BCUT2D eigenvalue weighted by molar-refractivity contribution is 5.42. The summed E-state index contributed by atoms with van der Waals surface area (Å²) in [6, 6.07) is 0. The summed E-state index contributed by atoms with van der Waals surface area (Å²) in [7, 11) is 5.54. The Kier molecular flexibility index (Phi) is 5.29. The van der Waals surface area contributed by atoms with Crippen LogP contribution in [0.4, 0.5) is 17.8 Å². The Bertz CT molecular complexity index is 407. The number of anilines is 3. The van der Waals surface area contributed by atoms with Crippen LogP contribution < -0.4 is 15.5 Å². The molecule has 0 aromatic carbocycles. The molecule has 0 saturated carbocycles. The van der Waals surface area contributed by atoms with Gasteiger partial charge in [0.15, 0.2) is 0 Å². The summed E-state index contributed by atoms with van der Waals surface area (Å²) in [5, 5.41) is 15.1. The summed E-state index contributed by atoms with van der Waals surface area (Å²) in [5.41, 5.74) is -0.0144. The van der Waals surface area contributed by atoms with Crippen LogP contribution in [0.3, 0.4) is 0 Å². The number of rotatable bonds is 7. The number of hydrogen-bond donors (Lipinski definition) is 3. The molecule has 0 atom stereocenters. The van der Waals surface area contributed by atoms with Crippen LogP contribution in [-0.2, 0) is 0 Å².